The number of benzene rings is 2. The van der Waals surface area contributed by atoms with Gasteiger partial charge in [-0.1, -0.05) is 24.3 Å². The van der Waals surface area contributed by atoms with Gasteiger partial charge in [0.25, 0.3) is 0 Å². The molecule has 0 N–H and O–H groups in total. The van der Waals surface area contributed by atoms with Crippen LogP contribution in [0.5, 0.6) is 5.75 Å². The van der Waals surface area contributed by atoms with Gasteiger partial charge in [0.15, 0.2) is 0 Å². The van der Waals surface area contributed by atoms with E-state index >= 15 is 0 Å². The minimum absolute atomic E-state index is 0.965. The number of ether oxygens (including phenoxy) is 1. The van der Waals surface area contributed by atoms with E-state index in [4.69, 9.17) is 4.74 Å². The third-order valence-electron chi connectivity index (χ3n) is 3.84. The number of hydrogen-bond donors (Lipinski definition) is 0. The maximum atomic E-state index is 5.32. The molecule has 0 atom stereocenters. The van der Waals surface area contributed by atoms with E-state index in [0.29, 0.717) is 0 Å². The predicted molar refractivity (Wildman–Crippen MR) is 79.1 cm³/mol. The van der Waals surface area contributed by atoms with Crippen molar-refractivity contribution in [3.05, 3.63) is 59.7 Å². The van der Waals surface area contributed by atoms with Crippen molar-refractivity contribution < 1.29 is 4.74 Å². The van der Waals surface area contributed by atoms with Crippen molar-refractivity contribution in [2.24, 2.45) is 0 Å². The largest absolute Gasteiger partial charge is 0.497 e. The number of methoxy groups -OCH3 is 1. The van der Waals surface area contributed by atoms with Gasteiger partial charge in [-0.3, -0.25) is 0 Å². The van der Waals surface area contributed by atoms with Gasteiger partial charge in [-0.05, 0) is 48.2 Å². The minimum atomic E-state index is 0.965. The molecular formula is C17H19NO. The van der Waals surface area contributed by atoms with Crippen molar-refractivity contribution in [1.29, 1.82) is 0 Å². The fourth-order valence-corrected chi connectivity index (χ4v) is 2.73. The van der Waals surface area contributed by atoms with E-state index in [1.807, 2.05) is 0 Å². The topological polar surface area (TPSA) is 12.5 Å². The van der Waals surface area contributed by atoms with Gasteiger partial charge < -0.3 is 9.64 Å². The SMILES string of the molecule is COc1ccc2c(c1)CCN(c1ccccc1)CC2. The van der Waals surface area contributed by atoms with E-state index in [0.717, 1.165) is 31.7 Å². The van der Waals surface area contributed by atoms with Gasteiger partial charge in [-0.25, -0.2) is 0 Å². The van der Waals surface area contributed by atoms with Crippen molar-refractivity contribution in [2.75, 3.05) is 25.1 Å². The van der Waals surface area contributed by atoms with Crippen LogP contribution in [0.3, 0.4) is 0 Å². The quantitative estimate of drug-likeness (QED) is 0.814. The summed E-state index contributed by atoms with van der Waals surface area (Å²) in [5.74, 6) is 0.965. The molecule has 2 heteroatoms. The number of nitrogens with zero attached hydrogens (tertiary/aromatic N) is 1. The highest BCUT2D eigenvalue weighted by molar-refractivity contribution is 5.48. The molecule has 0 amide bonds. The van der Waals surface area contributed by atoms with Crippen LogP contribution in [-0.4, -0.2) is 20.2 Å². The van der Waals surface area contributed by atoms with Crippen LogP contribution < -0.4 is 9.64 Å². The smallest absolute Gasteiger partial charge is 0.119 e. The lowest BCUT2D eigenvalue weighted by atomic mass is 10.0. The average molecular weight is 253 g/mol. The van der Waals surface area contributed by atoms with Crippen LogP contribution in [0, 0.1) is 0 Å². The molecule has 98 valence electrons. The lowest BCUT2D eigenvalue weighted by molar-refractivity contribution is 0.414. The summed E-state index contributed by atoms with van der Waals surface area (Å²) in [5.41, 5.74) is 4.21. The van der Waals surface area contributed by atoms with E-state index in [9.17, 15) is 0 Å². The van der Waals surface area contributed by atoms with Crippen molar-refractivity contribution in [2.45, 2.75) is 12.8 Å². The first kappa shape index (κ1) is 12.1. The van der Waals surface area contributed by atoms with Crippen LogP contribution in [0.4, 0.5) is 5.69 Å². The lowest BCUT2D eigenvalue weighted by Gasteiger charge is -2.22. The van der Waals surface area contributed by atoms with E-state index in [2.05, 4.69) is 53.4 Å². The molecule has 0 saturated carbocycles. The predicted octanol–water partition coefficient (Wildman–Crippen LogP) is 3.30. The minimum Gasteiger partial charge on any atom is -0.497 e. The fourth-order valence-electron chi connectivity index (χ4n) is 2.73. The first-order valence-corrected chi connectivity index (χ1v) is 6.82. The molecule has 1 aliphatic rings. The van der Waals surface area contributed by atoms with Crippen molar-refractivity contribution in [3.63, 3.8) is 0 Å². The summed E-state index contributed by atoms with van der Waals surface area (Å²) in [6.45, 7) is 2.16. The van der Waals surface area contributed by atoms with Gasteiger partial charge in [0.1, 0.15) is 5.75 Å². The van der Waals surface area contributed by atoms with Crippen molar-refractivity contribution >= 4 is 5.69 Å². The van der Waals surface area contributed by atoms with Gasteiger partial charge in [0.05, 0.1) is 7.11 Å². The first-order chi connectivity index (χ1) is 9.36. The summed E-state index contributed by atoms with van der Waals surface area (Å²) < 4.78 is 5.32. The maximum absolute atomic E-state index is 5.32. The summed E-state index contributed by atoms with van der Waals surface area (Å²) in [6, 6.07) is 17.1. The second-order valence-corrected chi connectivity index (χ2v) is 4.96. The zero-order valence-corrected chi connectivity index (χ0v) is 11.3. The Balaban J connectivity index is 1.81. The normalized spacial score (nSPS) is 14.7. The Labute approximate surface area is 114 Å². The first-order valence-electron chi connectivity index (χ1n) is 6.82. The highest BCUT2D eigenvalue weighted by Gasteiger charge is 2.14. The molecule has 3 rings (SSSR count). The van der Waals surface area contributed by atoms with Crippen molar-refractivity contribution in [3.8, 4) is 5.75 Å². The number of fused-ring (bicyclic) bond motifs is 1. The van der Waals surface area contributed by atoms with Gasteiger partial charge >= 0.3 is 0 Å². The van der Waals surface area contributed by atoms with Gasteiger partial charge in [-0.15, -0.1) is 0 Å². The summed E-state index contributed by atoms with van der Waals surface area (Å²) in [6.07, 6.45) is 2.19. The lowest BCUT2D eigenvalue weighted by Crippen LogP contribution is -2.25. The number of anilines is 1. The molecule has 1 aliphatic heterocycles. The van der Waals surface area contributed by atoms with E-state index < -0.39 is 0 Å². The monoisotopic (exact) mass is 253 g/mol. The Morgan fingerprint density at radius 2 is 1.63 bits per heavy atom. The maximum Gasteiger partial charge on any atom is 0.119 e. The Bertz CT molecular complexity index is 550. The van der Waals surface area contributed by atoms with Crippen LogP contribution in [0.2, 0.25) is 0 Å². The molecule has 0 fully saturated rings. The summed E-state index contributed by atoms with van der Waals surface area (Å²) >= 11 is 0. The highest BCUT2D eigenvalue weighted by atomic mass is 16.5. The third-order valence-corrected chi connectivity index (χ3v) is 3.84. The fraction of sp³-hybridized carbons (Fsp3) is 0.294. The molecule has 2 aromatic rings. The van der Waals surface area contributed by atoms with Crippen molar-refractivity contribution in [1.82, 2.24) is 0 Å². The molecule has 0 aliphatic carbocycles. The molecule has 0 unspecified atom stereocenters. The molecule has 0 spiro atoms. The van der Waals surface area contributed by atoms with Gasteiger partial charge in [0.2, 0.25) is 0 Å². The molecule has 2 nitrogen and oxygen atoms in total. The standard InChI is InChI=1S/C17H19NO/c1-19-17-8-7-14-9-11-18(12-10-15(14)13-17)16-5-3-2-4-6-16/h2-8,13H,9-12H2,1H3. The summed E-state index contributed by atoms with van der Waals surface area (Å²) in [5, 5.41) is 0. The Morgan fingerprint density at radius 3 is 2.37 bits per heavy atom. The second kappa shape index (κ2) is 5.35. The van der Waals surface area contributed by atoms with Gasteiger partial charge in [-0.2, -0.15) is 0 Å². The van der Waals surface area contributed by atoms with Gasteiger partial charge in [0, 0.05) is 18.8 Å². The molecule has 19 heavy (non-hydrogen) atoms. The Hall–Kier alpha value is -1.96. The molecular weight excluding hydrogens is 234 g/mol. The molecule has 0 aromatic heterocycles. The van der Waals surface area contributed by atoms with Crippen LogP contribution in [0.15, 0.2) is 48.5 Å². The zero-order valence-electron chi connectivity index (χ0n) is 11.3. The highest BCUT2D eigenvalue weighted by Crippen LogP contribution is 2.24. The second-order valence-electron chi connectivity index (χ2n) is 4.96. The van der Waals surface area contributed by atoms with E-state index in [1.165, 1.54) is 16.8 Å². The van der Waals surface area contributed by atoms with Crippen LogP contribution in [0.25, 0.3) is 0 Å². The van der Waals surface area contributed by atoms with E-state index in [1.54, 1.807) is 7.11 Å². The van der Waals surface area contributed by atoms with Crippen LogP contribution in [0.1, 0.15) is 11.1 Å². The zero-order chi connectivity index (χ0) is 13.1. The number of rotatable bonds is 2. The molecule has 0 radical (unpaired) electrons. The molecule has 0 bridgehead atoms. The molecule has 1 heterocycles. The van der Waals surface area contributed by atoms with E-state index in [-0.39, 0.29) is 0 Å². The Kier molecular flexibility index (Phi) is 3.41. The average Bonchev–Trinajstić information content (AvgIpc) is 2.70. The number of para-hydroxylation sites is 1. The molecule has 0 saturated heterocycles. The summed E-state index contributed by atoms with van der Waals surface area (Å²) in [4.78, 5) is 2.46. The third kappa shape index (κ3) is 2.58. The summed E-state index contributed by atoms with van der Waals surface area (Å²) in [7, 11) is 1.73. The van der Waals surface area contributed by atoms with Crippen LogP contribution >= 0.6 is 0 Å². The number of hydrogen-bond acceptors (Lipinski definition) is 2. The van der Waals surface area contributed by atoms with Crippen LogP contribution in [-0.2, 0) is 12.8 Å². The Morgan fingerprint density at radius 1 is 0.895 bits per heavy atom. The molecule has 2 aromatic carbocycles.